The minimum atomic E-state index is 0.239. The van der Waals surface area contributed by atoms with Gasteiger partial charge in [-0.1, -0.05) is 6.92 Å². The zero-order valence-electron chi connectivity index (χ0n) is 11.9. The van der Waals surface area contributed by atoms with Crippen molar-refractivity contribution in [3.05, 3.63) is 0 Å². The summed E-state index contributed by atoms with van der Waals surface area (Å²) in [6.45, 7) is 5.44. The van der Waals surface area contributed by atoms with Crippen molar-refractivity contribution in [1.82, 2.24) is 9.80 Å². The second kappa shape index (κ2) is 6.98. The second-order valence-corrected chi connectivity index (χ2v) is 6.27. The van der Waals surface area contributed by atoms with Crippen molar-refractivity contribution in [3.8, 4) is 0 Å². The van der Waals surface area contributed by atoms with Crippen LogP contribution in [0.1, 0.15) is 26.2 Å². The molecule has 1 rings (SSSR count). The molecule has 1 saturated heterocycles. The number of piperidine rings is 1. The van der Waals surface area contributed by atoms with Crippen molar-refractivity contribution < 1.29 is 0 Å². The van der Waals surface area contributed by atoms with Crippen LogP contribution in [0.4, 0.5) is 0 Å². The molecule has 1 atom stereocenters. The number of hydrogen-bond donors (Lipinski definition) is 1. The molecule has 0 radical (unpaired) electrons. The standard InChI is InChI=1S/C13H29N3S/c1-5-12(10-17-4)16(3)13(11-14)6-8-15(2)9-7-13/h12H,5-11,14H2,1-4H3. The van der Waals surface area contributed by atoms with E-state index in [2.05, 4.69) is 37.1 Å². The van der Waals surface area contributed by atoms with Crippen LogP contribution >= 0.6 is 11.8 Å². The maximum Gasteiger partial charge on any atom is 0.0356 e. The summed E-state index contributed by atoms with van der Waals surface area (Å²) in [6, 6.07) is 0.664. The number of likely N-dealkylation sites (N-methyl/N-ethyl adjacent to an activating group) is 1. The molecular weight excluding hydrogens is 230 g/mol. The highest BCUT2D eigenvalue weighted by Gasteiger charge is 2.38. The SMILES string of the molecule is CCC(CSC)N(C)C1(CN)CCN(C)CC1. The maximum atomic E-state index is 6.11. The Morgan fingerprint density at radius 3 is 2.41 bits per heavy atom. The molecule has 1 aliphatic heterocycles. The van der Waals surface area contributed by atoms with Crippen LogP contribution in [-0.2, 0) is 0 Å². The van der Waals surface area contributed by atoms with Crippen LogP contribution in [0, 0.1) is 0 Å². The Balaban J connectivity index is 2.70. The summed E-state index contributed by atoms with van der Waals surface area (Å²) in [5.74, 6) is 1.21. The van der Waals surface area contributed by atoms with Crippen LogP contribution in [0.2, 0.25) is 0 Å². The van der Waals surface area contributed by atoms with Gasteiger partial charge in [-0.15, -0.1) is 0 Å². The number of nitrogens with zero attached hydrogens (tertiary/aromatic N) is 2. The number of likely N-dealkylation sites (tertiary alicyclic amines) is 1. The number of hydrogen-bond acceptors (Lipinski definition) is 4. The highest BCUT2D eigenvalue weighted by molar-refractivity contribution is 7.98. The van der Waals surface area contributed by atoms with E-state index in [-0.39, 0.29) is 5.54 Å². The molecule has 1 unspecified atom stereocenters. The predicted octanol–water partition coefficient (Wildman–Crippen LogP) is 1.48. The van der Waals surface area contributed by atoms with E-state index in [4.69, 9.17) is 5.73 Å². The zero-order valence-corrected chi connectivity index (χ0v) is 12.7. The average Bonchev–Trinajstić information content (AvgIpc) is 2.36. The smallest absolute Gasteiger partial charge is 0.0356 e. The molecule has 4 heteroatoms. The Labute approximate surface area is 111 Å². The van der Waals surface area contributed by atoms with E-state index >= 15 is 0 Å². The van der Waals surface area contributed by atoms with Crippen molar-refractivity contribution >= 4 is 11.8 Å². The fourth-order valence-electron chi connectivity index (χ4n) is 2.82. The highest BCUT2D eigenvalue weighted by Crippen LogP contribution is 2.29. The second-order valence-electron chi connectivity index (χ2n) is 5.36. The topological polar surface area (TPSA) is 32.5 Å². The summed E-state index contributed by atoms with van der Waals surface area (Å²) in [6.07, 6.45) is 5.83. The van der Waals surface area contributed by atoms with Gasteiger partial charge in [0.1, 0.15) is 0 Å². The molecule has 3 nitrogen and oxygen atoms in total. The van der Waals surface area contributed by atoms with Crippen molar-refractivity contribution in [2.45, 2.75) is 37.8 Å². The number of rotatable bonds is 6. The minimum Gasteiger partial charge on any atom is -0.329 e. The Kier molecular flexibility index (Phi) is 6.27. The molecule has 0 amide bonds. The van der Waals surface area contributed by atoms with E-state index in [1.165, 1.54) is 38.1 Å². The van der Waals surface area contributed by atoms with E-state index in [1.807, 2.05) is 11.8 Å². The summed E-state index contributed by atoms with van der Waals surface area (Å²) in [7, 11) is 4.49. The summed E-state index contributed by atoms with van der Waals surface area (Å²) < 4.78 is 0. The third-order valence-corrected chi connectivity index (χ3v) is 5.14. The van der Waals surface area contributed by atoms with E-state index in [9.17, 15) is 0 Å². The van der Waals surface area contributed by atoms with Gasteiger partial charge in [0.15, 0.2) is 0 Å². The van der Waals surface area contributed by atoms with Gasteiger partial charge in [-0.3, -0.25) is 4.90 Å². The normalized spacial score (nSPS) is 22.9. The van der Waals surface area contributed by atoms with E-state index in [0.29, 0.717) is 6.04 Å². The molecular formula is C13H29N3S. The van der Waals surface area contributed by atoms with Gasteiger partial charge in [0.05, 0.1) is 0 Å². The lowest BCUT2D eigenvalue weighted by Crippen LogP contribution is -2.60. The lowest BCUT2D eigenvalue weighted by atomic mass is 9.85. The van der Waals surface area contributed by atoms with Gasteiger partial charge in [0.2, 0.25) is 0 Å². The fourth-order valence-corrected chi connectivity index (χ4v) is 3.66. The lowest BCUT2D eigenvalue weighted by molar-refractivity contribution is 0.0281. The Bertz CT molecular complexity index is 215. The van der Waals surface area contributed by atoms with Crippen LogP contribution in [0.25, 0.3) is 0 Å². The molecule has 0 saturated carbocycles. The van der Waals surface area contributed by atoms with Gasteiger partial charge >= 0.3 is 0 Å². The molecule has 0 aliphatic carbocycles. The van der Waals surface area contributed by atoms with Crippen molar-refractivity contribution in [3.63, 3.8) is 0 Å². The molecule has 1 aliphatic rings. The number of thioether (sulfide) groups is 1. The van der Waals surface area contributed by atoms with Gasteiger partial charge < -0.3 is 10.6 Å². The third kappa shape index (κ3) is 3.60. The predicted molar refractivity (Wildman–Crippen MR) is 78.7 cm³/mol. The highest BCUT2D eigenvalue weighted by atomic mass is 32.2. The third-order valence-electron chi connectivity index (χ3n) is 4.42. The van der Waals surface area contributed by atoms with Crippen LogP contribution < -0.4 is 5.73 Å². The molecule has 1 heterocycles. The molecule has 0 bridgehead atoms. The summed E-state index contributed by atoms with van der Waals surface area (Å²) >= 11 is 1.94. The molecule has 0 aromatic rings. The van der Waals surface area contributed by atoms with Crippen LogP contribution in [0.5, 0.6) is 0 Å². The first kappa shape index (κ1) is 15.3. The van der Waals surface area contributed by atoms with Crippen LogP contribution in [-0.4, -0.2) is 67.1 Å². The Morgan fingerprint density at radius 1 is 1.41 bits per heavy atom. The lowest BCUT2D eigenvalue weighted by Gasteiger charge is -2.49. The molecule has 0 aromatic carbocycles. The summed E-state index contributed by atoms with van der Waals surface area (Å²) in [4.78, 5) is 4.99. The van der Waals surface area contributed by atoms with E-state index < -0.39 is 0 Å². The zero-order chi connectivity index (χ0) is 12.9. The van der Waals surface area contributed by atoms with Gasteiger partial charge in [0, 0.05) is 23.9 Å². The quantitative estimate of drug-likeness (QED) is 0.783. The number of nitrogens with two attached hydrogens (primary N) is 1. The minimum absolute atomic E-state index is 0.239. The van der Waals surface area contributed by atoms with Gasteiger partial charge in [-0.25, -0.2) is 0 Å². The van der Waals surface area contributed by atoms with Crippen LogP contribution in [0.3, 0.4) is 0 Å². The summed E-state index contributed by atoms with van der Waals surface area (Å²) in [5.41, 5.74) is 6.35. The fraction of sp³-hybridized carbons (Fsp3) is 1.00. The maximum absolute atomic E-state index is 6.11. The molecule has 1 fully saturated rings. The van der Waals surface area contributed by atoms with E-state index in [1.54, 1.807) is 0 Å². The first-order valence-corrected chi connectivity index (χ1v) is 8.09. The Hall–Kier alpha value is 0.230. The molecule has 2 N–H and O–H groups in total. The van der Waals surface area contributed by atoms with E-state index in [0.717, 1.165) is 6.54 Å². The molecule has 0 spiro atoms. The largest absolute Gasteiger partial charge is 0.329 e. The monoisotopic (exact) mass is 259 g/mol. The molecule has 102 valence electrons. The van der Waals surface area contributed by atoms with Gasteiger partial charge in [-0.2, -0.15) is 11.8 Å². The van der Waals surface area contributed by atoms with Gasteiger partial charge in [0.25, 0.3) is 0 Å². The average molecular weight is 259 g/mol. The van der Waals surface area contributed by atoms with Gasteiger partial charge in [-0.05, 0) is 52.7 Å². The van der Waals surface area contributed by atoms with Crippen molar-refractivity contribution in [2.75, 3.05) is 45.7 Å². The van der Waals surface area contributed by atoms with Crippen LogP contribution in [0.15, 0.2) is 0 Å². The molecule has 0 aromatic heterocycles. The van der Waals surface area contributed by atoms with Crippen molar-refractivity contribution in [1.29, 1.82) is 0 Å². The summed E-state index contributed by atoms with van der Waals surface area (Å²) in [5, 5.41) is 0. The first-order chi connectivity index (χ1) is 8.09. The Morgan fingerprint density at radius 2 is 2.00 bits per heavy atom. The first-order valence-electron chi connectivity index (χ1n) is 6.70. The molecule has 17 heavy (non-hydrogen) atoms. The van der Waals surface area contributed by atoms with Crippen molar-refractivity contribution in [2.24, 2.45) is 5.73 Å².